The van der Waals surface area contributed by atoms with Crippen molar-refractivity contribution in [1.29, 1.82) is 0 Å². The van der Waals surface area contributed by atoms with Crippen LogP contribution in [0.2, 0.25) is 0 Å². The third-order valence-corrected chi connectivity index (χ3v) is 4.77. The van der Waals surface area contributed by atoms with Crippen molar-refractivity contribution in [1.82, 2.24) is 4.90 Å². The summed E-state index contributed by atoms with van der Waals surface area (Å²) in [5.74, 6) is -0.105. The molecule has 0 heterocycles. The van der Waals surface area contributed by atoms with Crippen LogP contribution < -0.4 is 0 Å². The predicted molar refractivity (Wildman–Crippen MR) is 105 cm³/mol. The summed E-state index contributed by atoms with van der Waals surface area (Å²) in [7, 11) is 1.73. The highest BCUT2D eigenvalue weighted by molar-refractivity contribution is 5.94. The molecule has 132 valence electrons. The smallest absolute Gasteiger partial charge is 0.253 e. The highest BCUT2D eigenvalue weighted by atomic mass is 16.3. The molecule has 2 unspecified atom stereocenters. The zero-order valence-electron chi connectivity index (χ0n) is 15.0. The van der Waals surface area contributed by atoms with Crippen molar-refractivity contribution in [2.45, 2.75) is 19.1 Å². The topological polar surface area (TPSA) is 40.5 Å². The molecule has 0 bridgehead atoms. The van der Waals surface area contributed by atoms with E-state index in [0.717, 1.165) is 16.7 Å². The Hall–Kier alpha value is -2.91. The van der Waals surface area contributed by atoms with E-state index in [1.807, 2.05) is 91.9 Å². The standard InChI is InChI=1S/C23H23NO2/c1-17(22(25)20-11-7-4-8-12-20)24(2)23(26)21-15-13-19(14-16-21)18-9-5-3-6-10-18/h3-17,22,25H,1-2H3. The molecule has 0 aliphatic rings. The maximum atomic E-state index is 12.8. The van der Waals surface area contributed by atoms with Gasteiger partial charge in [0.25, 0.3) is 5.91 Å². The third-order valence-electron chi connectivity index (χ3n) is 4.77. The molecule has 0 saturated heterocycles. The van der Waals surface area contributed by atoms with Gasteiger partial charge >= 0.3 is 0 Å². The van der Waals surface area contributed by atoms with E-state index in [9.17, 15) is 9.90 Å². The van der Waals surface area contributed by atoms with Gasteiger partial charge in [0.2, 0.25) is 0 Å². The lowest BCUT2D eigenvalue weighted by Crippen LogP contribution is -2.39. The Morgan fingerprint density at radius 3 is 1.88 bits per heavy atom. The first kappa shape index (κ1) is 17.9. The minimum Gasteiger partial charge on any atom is -0.386 e. The van der Waals surface area contributed by atoms with Crippen molar-refractivity contribution in [3.8, 4) is 11.1 Å². The lowest BCUT2D eigenvalue weighted by Gasteiger charge is -2.29. The number of rotatable bonds is 5. The Balaban J connectivity index is 1.74. The minimum atomic E-state index is -0.728. The maximum absolute atomic E-state index is 12.8. The van der Waals surface area contributed by atoms with Crippen molar-refractivity contribution < 1.29 is 9.90 Å². The van der Waals surface area contributed by atoms with E-state index >= 15 is 0 Å². The fraction of sp³-hybridized carbons (Fsp3) is 0.174. The predicted octanol–water partition coefficient (Wildman–Crippen LogP) is 4.55. The number of aliphatic hydroxyl groups is 1. The van der Waals surface area contributed by atoms with Gasteiger partial charge in [-0.2, -0.15) is 0 Å². The van der Waals surface area contributed by atoms with Crippen molar-refractivity contribution in [3.63, 3.8) is 0 Å². The first-order valence-electron chi connectivity index (χ1n) is 8.73. The van der Waals surface area contributed by atoms with Crippen LogP contribution in [0.4, 0.5) is 0 Å². The molecular weight excluding hydrogens is 322 g/mol. The van der Waals surface area contributed by atoms with E-state index in [0.29, 0.717) is 5.56 Å². The molecule has 3 aromatic rings. The number of amides is 1. The average Bonchev–Trinajstić information content (AvgIpc) is 2.73. The van der Waals surface area contributed by atoms with Gasteiger partial charge in [-0.3, -0.25) is 4.79 Å². The molecule has 3 nitrogen and oxygen atoms in total. The number of aliphatic hydroxyl groups excluding tert-OH is 1. The largest absolute Gasteiger partial charge is 0.386 e. The number of carbonyl (C=O) groups excluding carboxylic acids is 1. The van der Waals surface area contributed by atoms with Gasteiger partial charge in [-0.1, -0.05) is 72.8 Å². The second kappa shape index (κ2) is 7.98. The van der Waals surface area contributed by atoms with E-state index in [-0.39, 0.29) is 11.9 Å². The van der Waals surface area contributed by atoms with Crippen LogP contribution in [-0.4, -0.2) is 29.0 Å². The number of nitrogens with zero attached hydrogens (tertiary/aromatic N) is 1. The molecule has 1 N–H and O–H groups in total. The van der Waals surface area contributed by atoms with Crippen LogP contribution in [0.3, 0.4) is 0 Å². The summed E-state index contributed by atoms with van der Waals surface area (Å²) in [5.41, 5.74) is 3.60. The molecule has 0 saturated carbocycles. The summed E-state index contributed by atoms with van der Waals surface area (Å²) >= 11 is 0. The number of hydrogen-bond donors (Lipinski definition) is 1. The molecule has 2 atom stereocenters. The molecule has 0 fully saturated rings. The third kappa shape index (κ3) is 3.84. The van der Waals surface area contributed by atoms with Gasteiger partial charge in [-0.25, -0.2) is 0 Å². The Kier molecular flexibility index (Phi) is 5.49. The maximum Gasteiger partial charge on any atom is 0.253 e. The minimum absolute atomic E-state index is 0.105. The Morgan fingerprint density at radius 1 is 0.808 bits per heavy atom. The van der Waals surface area contributed by atoms with Crippen LogP contribution in [0.15, 0.2) is 84.9 Å². The van der Waals surface area contributed by atoms with E-state index < -0.39 is 6.10 Å². The molecule has 0 aliphatic heterocycles. The molecule has 26 heavy (non-hydrogen) atoms. The number of hydrogen-bond acceptors (Lipinski definition) is 2. The van der Waals surface area contributed by atoms with Gasteiger partial charge in [0, 0.05) is 12.6 Å². The molecule has 0 radical (unpaired) electrons. The van der Waals surface area contributed by atoms with Gasteiger partial charge in [0.1, 0.15) is 0 Å². The lowest BCUT2D eigenvalue weighted by atomic mass is 10.0. The van der Waals surface area contributed by atoms with Crippen LogP contribution >= 0.6 is 0 Å². The highest BCUT2D eigenvalue weighted by Gasteiger charge is 2.24. The first-order valence-corrected chi connectivity index (χ1v) is 8.73. The quantitative estimate of drug-likeness (QED) is 0.737. The Morgan fingerprint density at radius 2 is 1.31 bits per heavy atom. The molecule has 0 aliphatic carbocycles. The molecule has 1 amide bonds. The van der Waals surface area contributed by atoms with Gasteiger partial charge in [-0.05, 0) is 35.7 Å². The van der Waals surface area contributed by atoms with Gasteiger partial charge in [0.05, 0.1) is 12.1 Å². The lowest BCUT2D eigenvalue weighted by molar-refractivity contribution is 0.0487. The molecule has 3 heteroatoms. The molecule has 0 aromatic heterocycles. The van der Waals surface area contributed by atoms with E-state index in [1.54, 1.807) is 11.9 Å². The molecule has 3 rings (SSSR count). The van der Waals surface area contributed by atoms with Crippen molar-refractivity contribution in [3.05, 3.63) is 96.1 Å². The Labute approximate surface area is 154 Å². The summed E-state index contributed by atoms with van der Waals surface area (Å²) in [6.45, 7) is 1.86. The van der Waals surface area contributed by atoms with Crippen LogP contribution in [0.5, 0.6) is 0 Å². The molecule has 0 spiro atoms. The Bertz CT molecular complexity index is 844. The fourth-order valence-electron chi connectivity index (χ4n) is 2.96. The van der Waals surface area contributed by atoms with Crippen LogP contribution in [-0.2, 0) is 0 Å². The van der Waals surface area contributed by atoms with Crippen LogP contribution in [0.25, 0.3) is 11.1 Å². The van der Waals surface area contributed by atoms with E-state index in [2.05, 4.69) is 0 Å². The second-order valence-electron chi connectivity index (χ2n) is 6.46. The summed E-state index contributed by atoms with van der Waals surface area (Å²) < 4.78 is 0. The number of carbonyl (C=O) groups is 1. The highest BCUT2D eigenvalue weighted by Crippen LogP contribution is 2.23. The number of likely N-dealkylation sites (N-methyl/N-ethyl adjacent to an activating group) is 1. The van der Waals surface area contributed by atoms with Gasteiger partial charge in [0.15, 0.2) is 0 Å². The summed E-state index contributed by atoms with van der Waals surface area (Å²) in [6.07, 6.45) is -0.728. The van der Waals surface area contributed by atoms with Gasteiger partial charge < -0.3 is 10.0 Å². The average molecular weight is 345 g/mol. The molecule has 3 aromatic carbocycles. The second-order valence-corrected chi connectivity index (χ2v) is 6.46. The van der Waals surface area contributed by atoms with E-state index in [1.165, 1.54) is 0 Å². The zero-order chi connectivity index (χ0) is 18.5. The van der Waals surface area contributed by atoms with Crippen LogP contribution in [0, 0.1) is 0 Å². The summed E-state index contributed by atoms with van der Waals surface area (Å²) in [4.78, 5) is 14.4. The summed E-state index contributed by atoms with van der Waals surface area (Å²) in [6, 6.07) is 26.7. The normalized spacial score (nSPS) is 13.0. The van der Waals surface area contributed by atoms with Crippen molar-refractivity contribution in [2.75, 3.05) is 7.05 Å². The van der Waals surface area contributed by atoms with Crippen LogP contribution in [0.1, 0.15) is 28.9 Å². The van der Waals surface area contributed by atoms with Gasteiger partial charge in [-0.15, -0.1) is 0 Å². The van der Waals surface area contributed by atoms with Crippen molar-refractivity contribution in [2.24, 2.45) is 0 Å². The first-order chi connectivity index (χ1) is 12.6. The SMILES string of the molecule is CC(C(O)c1ccccc1)N(C)C(=O)c1ccc(-c2ccccc2)cc1. The molecular formula is C23H23NO2. The van der Waals surface area contributed by atoms with Crippen molar-refractivity contribution >= 4 is 5.91 Å². The monoisotopic (exact) mass is 345 g/mol. The number of benzene rings is 3. The van der Waals surface area contributed by atoms with E-state index in [4.69, 9.17) is 0 Å². The fourth-order valence-corrected chi connectivity index (χ4v) is 2.96. The summed E-state index contributed by atoms with van der Waals surface area (Å²) in [5, 5.41) is 10.6. The zero-order valence-corrected chi connectivity index (χ0v) is 15.0.